The molecule has 2 N–H and O–H groups in total. The highest BCUT2D eigenvalue weighted by Crippen LogP contribution is 2.40. The molecule has 216 valence electrons. The van der Waals surface area contributed by atoms with Gasteiger partial charge in [0.25, 0.3) is 5.91 Å². The van der Waals surface area contributed by atoms with Crippen LogP contribution in [-0.2, 0) is 4.79 Å². The SMILES string of the molecule is COc1cc(C(=O)NCC2CCCN(C)C2)ccc1Nc1ncc2c(n1)N(C1CCCC1)CC(C)(C)C(=O)N2C. The third-order valence-electron chi connectivity index (χ3n) is 8.58. The van der Waals surface area contributed by atoms with Crippen molar-refractivity contribution in [1.82, 2.24) is 20.2 Å². The van der Waals surface area contributed by atoms with Gasteiger partial charge in [-0.05, 0) is 77.2 Å². The van der Waals surface area contributed by atoms with Gasteiger partial charge in [0.15, 0.2) is 5.82 Å². The molecule has 0 radical (unpaired) electrons. The lowest BCUT2D eigenvalue weighted by molar-refractivity contribution is -0.125. The number of nitrogens with zero attached hydrogens (tertiary/aromatic N) is 5. The molecule has 1 saturated heterocycles. The van der Waals surface area contributed by atoms with E-state index in [4.69, 9.17) is 9.72 Å². The van der Waals surface area contributed by atoms with Gasteiger partial charge in [0.05, 0.1) is 24.4 Å². The number of carbonyl (C=O) groups excluding carboxylic acids is 2. The van der Waals surface area contributed by atoms with Crippen LogP contribution in [0, 0.1) is 11.3 Å². The van der Waals surface area contributed by atoms with Crippen molar-refractivity contribution in [3.63, 3.8) is 0 Å². The Labute approximate surface area is 237 Å². The van der Waals surface area contributed by atoms with Crippen LogP contribution >= 0.6 is 0 Å². The lowest BCUT2D eigenvalue weighted by atomic mass is 9.91. The quantitative estimate of drug-likeness (QED) is 0.533. The number of fused-ring (bicyclic) bond motifs is 1. The van der Waals surface area contributed by atoms with Crippen LogP contribution in [0.3, 0.4) is 0 Å². The summed E-state index contributed by atoms with van der Waals surface area (Å²) in [4.78, 5) is 42.0. The van der Waals surface area contributed by atoms with Crippen molar-refractivity contribution in [3.8, 4) is 5.75 Å². The molecule has 1 unspecified atom stereocenters. The molecule has 40 heavy (non-hydrogen) atoms. The molecule has 5 rings (SSSR count). The maximum atomic E-state index is 13.3. The largest absolute Gasteiger partial charge is 0.495 e. The second kappa shape index (κ2) is 11.6. The monoisotopic (exact) mass is 549 g/mol. The van der Waals surface area contributed by atoms with E-state index < -0.39 is 5.41 Å². The van der Waals surface area contributed by atoms with Crippen LogP contribution < -0.4 is 25.2 Å². The third-order valence-corrected chi connectivity index (χ3v) is 8.58. The summed E-state index contributed by atoms with van der Waals surface area (Å²) in [7, 11) is 5.52. The summed E-state index contributed by atoms with van der Waals surface area (Å²) in [5.74, 6) is 2.14. The van der Waals surface area contributed by atoms with Gasteiger partial charge >= 0.3 is 0 Å². The van der Waals surface area contributed by atoms with Crippen LogP contribution in [0.25, 0.3) is 0 Å². The summed E-state index contributed by atoms with van der Waals surface area (Å²) in [6, 6.07) is 5.70. The van der Waals surface area contributed by atoms with Gasteiger partial charge in [-0.2, -0.15) is 4.98 Å². The average molecular weight is 550 g/mol. The third kappa shape index (κ3) is 5.87. The highest BCUT2D eigenvalue weighted by molar-refractivity contribution is 6.01. The molecule has 1 aliphatic carbocycles. The van der Waals surface area contributed by atoms with E-state index in [1.807, 2.05) is 19.9 Å². The van der Waals surface area contributed by atoms with Crippen molar-refractivity contribution in [2.75, 3.05) is 62.5 Å². The average Bonchev–Trinajstić information content (AvgIpc) is 3.47. The molecule has 2 fully saturated rings. The lowest BCUT2D eigenvalue weighted by Crippen LogP contribution is -2.45. The van der Waals surface area contributed by atoms with Gasteiger partial charge in [-0.1, -0.05) is 12.8 Å². The number of anilines is 4. The standard InChI is InChI=1S/C30H43N7O3/c1-30(2)19-37(22-10-6-7-11-22)26-24(36(4)28(30)39)17-32-29(34-26)33-23-13-12-21(15-25(23)40-5)27(38)31-16-20-9-8-14-35(3)18-20/h12-13,15,17,20,22H,6-11,14,16,18-19H2,1-5H3,(H,31,38)(H,32,33,34). The fourth-order valence-electron chi connectivity index (χ4n) is 6.36. The Kier molecular flexibility index (Phi) is 8.16. The number of amides is 2. The van der Waals surface area contributed by atoms with E-state index in [2.05, 4.69) is 32.5 Å². The zero-order chi connectivity index (χ0) is 28.4. The van der Waals surface area contributed by atoms with E-state index in [9.17, 15) is 9.59 Å². The first kappa shape index (κ1) is 28.1. The van der Waals surface area contributed by atoms with Gasteiger partial charge in [-0.15, -0.1) is 0 Å². The Balaban J connectivity index is 1.36. The smallest absolute Gasteiger partial charge is 0.251 e. The zero-order valence-corrected chi connectivity index (χ0v) is 24.5. The number of nitrogens with one attached hydrogen (secondary N) is 2. The van der Waals surface area contributed by atoms with E-state index in [1.54, 1.807) is 37.4 Å². The van der Waals surface area contributed by atoms with Gasteiger partial charge in [0.2, 0.25) is 11.9 Å². The molecule has 2 aromatic rings. The number of likely N-dealkylation sites (tertiary alicyclic amines) is 1. The first-order valence-corrected chi connectivity index (χ1v) is 14.5. The number of rotatable bonds is 7. The van der Waals surface area contributed by atoms with E-state index in [0.29, 0.717) is 48.0 Å². The summed E-state index contributed by atoms with van der Waals surface area (Å²) in [6.07, 6.45) is 8.58. The van der Waals surface area contributed by atoms with Crippen LogP contribution in [0.5, 0.6) is 5.75 Å². The molecular formula is C30H43N7O3. The molecule has 2 aliphatic heterocycles. The first-order chi connectivity index (χ1) is 19.2. The minimum atomic E-state index is -0.543. The van der Waals surface area contributed by atoms with Gasteiger partial charge in [0.1, 0.15) is 11.4 Å². The summed E-state index contributed by atoms with van der Waals surface area (Å²) in [5.41, 5.74) is 1.39. The normalized spacial score (nSPS) is 21.6. The van der Waals surface area contributed by atoms with E-state index in [0.717, 1.165) is 43.9 Å². The fraction of sp³-hybridized carbons (Fsp3) is 0.600. The van der Waals surface area contributed by atoms with Gasteiger partial charge < -0.3 is 30.1 Å². The van der Waals surface area contributed by atoms with Crippen LogP contribution in [0.1, 0.15) is 62.7 Å². The molecule has 1 atom stereocenters. The van der Waals surface area contributed by atoms with Crippen molar-refractivity contribution in [2.45, 2.75) is 58.4 Å². The Morgan fingerprint density at radius 3 is 2.65 bits per heavy atom. The van der Waals surface area contributed by atoms with Gasteiger partial charge in [-0.25, -0.2) is 4.98 Å². The molecule has 0 spiro atoms. The Morgan fingerprint density at radius 1 is 1.15 bits per heavy atom. The minimum absolute atomic E-state index is 0.0598. The molecule has 2 amide bonds. The van der Waals surface area contributed by atoms with Gasteiger partial charge in [-0.3, -0.25) is 9.59 Å². The van der Waals surface area contributed by atoms with E-state index >= 15 is 0 Å². The number of ether oxygens (including phenoxy) is 1. The van der Waals surface area contributed by atoms with Crippen LogP contribution in [0.15, 0.2) is 24.4 Å². The minimum Gasteiger partial charge on any atom is -0.495 e. The molecule has 0 bridgehead atoms. The molecular weight excluding hydrogens is 506 g/mol. The Morgan fingerprint density at radius 2 is 1.93 bits per heavy atom. The van der Waals surface area contributed by atoms with Crippen molar-refractivity contribution in [1.29, 1.82) is 0 Å². The van der Waals surface area contributed by atoms with Crippen LogP contribution in [-0.4, -0.2) is 80.1 Å². The van der Waals surface area contributed by atoms with Gasteiger partial charge in [0, 0.05) is 38.3 Å². The van der Waals surface area contributed by atoms with E-state index in [-0.39, 0.29) is 11.8 Å². The molecule has 10 nitrogen and oxygen atoms in total. The number of hydrogen-bond donors (Lipinski definition) is 2. The van der Waals surface area contributed by atoms with Crippen molar-refractivity contribution in [3.05, 3.63) is 30.0 Å². The Bertz CT molecular complexity index is 1240. The summed E-state index contributed by atoms with van der Waals surface area (Å²) in [5, 5.41) is 6.38. The highest BCUT2D eigenvalue weighted by atomic mass is 16.5. The highest BCUT2D eigenvalue weighted by Gasteiger charge is 2.41. The maximum absolute atomic E-state index is 13.3. The topological polar surface area (TPSA) is 103 Å². The second-order valence-corrected chi connectivity index (χ2v) is 12.2. The molecule has 10 heteroatoms. The predicted octanol–water partition coefficient (Wildman–Crippen LogP) is 4.05. The second-order valence-electron chi connectivity index (χ2n) is 12.2. The predicted molar refractivity (Wildman–Crippen MR) is 158 cm³/mol. The molecule has 3 heterocycles. The lowest BCUT2D eigenvalue weighted by Gasteiger charge is -2.34. The summed E-state index contributed by atoms with van der Waals surface area (Å²) >= 11 is 0. The van der Waals surface area contributed by atoms with Crippen molar-refractivity contribution < 1.29 is 14.3 Å². The Hall–Kier alpha value is -3.40. The molecule has 1 aromatic carbocycles. The number of carbonyl (C=O) groups is 2. The molecule has 1 aromatic heterocycles. The maximum Gasteiger partial charge on any atom is 0.251 e. The number of piperidine rings is 1. The fourth-order valence-corrected chi connectivity index (χ4v) is 6.36. The zero-order valence-electron chi connectivity index (χ0n) is 24.5. The number of aromatic nitrogens is 2. The van der Waals surface area contributed by atoms with E-state index in [1.165, 1.54) is 19.3 Å². The first-order valence-electron chi connectivity index (χ1n) is 14.5. The number of hydrogen-bond acceptors (Lipinski definition) is 8. The summed E-state index contributed by atoms with van der Waals surface area (Å²) < 4.78 is 5.64. The number of methoxy groups -OCH3 is 1. The van der Waals surface area contributed by atoms with Crippen molar-refractivity contribution >= 4 is 35.0 Å². The summed E-state index contributed by atoms with van der Waals surface area (Å²) in [6.45, 7) is 7.40. The molecule has 1 saturated carbocycles. The van der Waals surface area contributed by atoms with Crippen LogP contribution in [0.2, 0.25) is 0 Å². The molecule has 3 aliphatic rings. The number of benzene rings is 1. The van der Waals surface area contributed by atoms with Crippen molar-refractivity contribution in [2.24, 2.45) is 11.3 Å². The van der Waals surface area contributed by atoms with Crippen LogP contribution in [0.4, 0.5) is 23.1 Å².